The summed E-state index contributed by atoms with van der Waals surface area (Å²) in [5, 5.41) is 24.2. The van der Waals surface area contributed by atoms with Crippen molar-refractivity contribution in [2.45, 2.75) is 0 Å². The third kappa shape index (κ3) is 4.31. The van der Waals surface area contributed by atoms with Crippen LogP contribution in [0.5, 0.6) is 0 Å². The van der Waals surface area contributed by atoms with Crippen LogP contribution in [0, 0.1) is 29.2 Å². The molecule has 5 heteroatoms. The minimum Gasteiger partial charge on any atom is -0.310 e. The number of fused-ring (bicyclic) bond motifs is 6. The molecule has 0 aliphatic rings. The molecule has 0 amide bonds. The Kier molecular flexibility index (Phi) is 6.56. The van der Waals surface area contributed by atoms with E-state index in [0.717, 1.165) is 77.2 Å². The van der Waals surface area contributed by atoms with Gasteiger partial charge in [0.15, 0.2) is 5.69 Å². The molecule has 5 nitrogen and oxygen atoms in total. The van der Waals surface area contributed by atoms with E-state index >= 15 is 0 Å². The van der Waals surface area contributed by atoms with Gasteiger partial charge in [0.2, 0.25) is 0 Å². The Morgan fingerprint density at radius 2 is 1.08 bits per heavy atom. The van der Waals surface area contributed by atoms with E-state index < -0.39 is 0 Å². The summed E-state index contributed by atoms with van der Waals surface area (Å²) in [5.41, 5.74) is 11.6. The normalized spacial score (nSPS) is 11.1. The first-order valence-electron chi connectivity index (χ1n) is 16.3. The van der Waals surface area contributed by atoms with Crippen LogP contribution in [0.25, 0.3) is 82.1 Å². The molecule has 50 heavy (non-hydrogen) atoms. The lowest BCUT2D eigenvalue weighted by Gasteiger charge is -2.18. The van der Waals surface area contributed by atoms with Gasteiger partial charge in [-0.2, -0.15) is 10.5 Å². The number of rotatable bonds is 4. The highest BCUT2D eigenvalue weighted by atomic mass is 15.0. The predicted octanol–water partition coefficient (Wildman–Crippen LogP) is 11.5. The number of para-hydroxylation sites is 3. The average Bonchev–Trinajstić information content (AvgIpc) is 3.69. The van der Waals surface area contributed by atoms with E-state index in [-0.39, 0.29) is 0 Å². The van der Waals surface area contributed by atoms with Gasteiger partial charge in [0.1, 0.15) is 6.07 Å². The van der Waals surface area contributed by atoms with Gasteiger partial charge in [0.05, 0.1) is 51.7 Å². The molecule has 0 unspecified atom stereocenters. The van der Waals surface area contributed by atoms with Gasteiger partial charge in [0, 0.05) is 32.6 Å². The van der Waals surface area contributed by atoms with Crippen LogP contribution in [-0.2, 0) is 0 Å². The lowest BCUT2D eigenvalue weighted by molar-refractivity contribution is 1.17. The van der Waals surface area contributed by atoms with E-state index in [9.17, 15) is 10.5 Å². The fraction of sp³-hybridized carbons (Fsp3) is 0. The molecule has 2 heterocycles. The summed E-state index contributed by atoms with van der Waals surface area (Å²) in [6.07, 6.45) is 0. The van der Waals surface area contributed by atoms with Crippen molar-refractivity contribution < 1.29 is 0 Å². The topological polar surface area (TPSA) is 61.8 Å². The van der Waals surface area contributed by atoms with Crippen molar-refractivity contribution in [2.24, 2.45) is 0 Å². The molecule has 0 saturated heterocycles. The van der Waals surface area contributed by atoms with E-state index in [2.05, 4.69) is 111 Å². The molecule has 0 saturated carbocycles. The molecule has 230 valence electrons. The van der Waals surface area contributed by atoms with Gasteiger partial charge in [-0.15, -0.1) is 0 Å². The minimum atomic E-state index is 0.555. The van der Waals surface area contributed by atoms with Gasteiger partial charge in [-0.05, 0) is 71.3 Å². The molecule has 0 spiro atoms. The van der Waals surface area contributed by atoms with Crippen LogP contribution in [0.2, 0.25) is 0 Å². The standard InChI is InChI=1S/C45H25N5/c1-48-32-21-22-38-36-13-5-8-16-41(36)50(45(38)26-32)40-15-7-4-12-35(40)34-11-3-2-10-33(34)30-19-20-31(28-47)44(25-30)49-42-17-9-6-14-37(42)39-24-29(27-46)18-23-43(39)49/h2-26H. The number of benzene rings is 7. The Morgan fingerprint density at radius 3 is 1.82 bits per heavy atom. The smallest absolute Gasteiger partial charge is 0.189 e. The molecule has 9 aromatic rings. The summed E-state index contributed by atoms with van der Waals surface area (Å²) in [6.45, 7) is 7.72. The van der Waals surface area contributed by atoms with Gasteiger partial charge in [-0.25, -0.2) is 4.85 Å². The predicted molar refractivity (Wildman–Crippen MR) is 202 cm³/mol. The zero-order valence-corrected chi connectivity index (χ0v) is 26.7. The lowest BCUT2D eigenvalue weighted by atomic mass is 9.92. The quantitative estimate of drug-likeness (QED) is 0.181. The molecule has 0 bridgehead atoms. The fourth-order valence-electron chi connectivity index (χ4n) is 7.43. The Hall–Kier alpha value is -7.39. The van der Waals surface area contributed by atoms with Crippen molar-refractivity contribution in [2.75, 3.05) is 0 Å². The molecule has 0 aliphatic heterocycles. The van der Waals surface area contributed by atoms with Crippen LogP contribution < -0.4 is 0 Å². The SMILES string of the molecule is [C-]#[N+]c1ccc2c3ccccc3n(-c3ccccc3-c3ccccc3-c3ccc(C#N)c(-n4c5ccccc5c5cc(C#N)ccc54)c3)c2c1. The van der Waals surface area contributed by atoms with E-state index in [1.165, 1.54) is 0 Å². The highest BCUT2D eigenvalue weighted by Gasteiger charge is 2.20. The van der Waals surface area contributed by atoms with Gasteiger partial charge in [0.25, 0.3) is 0 Å². The molecule has 7 aromatic carbocycles. The third-order valence-electron chi connectivity index (χ3n) is 9.62. The number of nitriles is 2. The number of hydrogen-bond acceptors (Lipinski definition) is 2. The van der Waals surface area contributed by atoms with Crippen molar-refractivity contribution in [3.63, 3.8) is 0 Å². The monoisotopic (exact) mass is 635 g/mol. The van der Waals surface area contributed by atoms with E-state index in [1.54, 1.807) is 0 Å². The van der Waals surface area contributed by atoms with Crippen LogP contribution in [0.4, 0.5) is 5.69 Å². The highest BCUT2D eigenvalue weighted by Crippen LogP contribution is 2.41. The molecule has 0 radical (unpaired) electrons. The van der Waals surface area contributed by atoms with Crippen LogP contribution in [0.15, 0.2) is 152 Å². The van der Waals surface area contributed by atoms with E-state index in [4.69, 9.17) is 6.57 Å². The summed E-state index contributed by atoms with van der Waals surface area (Å²) >= 11 is 0. The molecule has 0 atom stereocenters. The summed E-state index contributed by atoms with van der Waals surface area (Å²) in [4.78, 5) is 3.75. The maximum Gasteiger partial charge on any atom is 0.189 e. The second-order valence-corrected chi connectivity index (χ2v) is 12.3. The first kappa shape index (κ1) is 28.8. The summed E-state index contributed by atoms with van der Waals surface area (Å²) < 4.78 is 4.40. The van der Waals surface area contributed by atoms with Crippen LogP contribution in [0.1, 0.15) is 11.1 Å². The molecule has 2 aromatic heterocycles. The van der Waals surface area contributed by atoms with Crippen molar-refractivity contribution in [3.8, 4) is 45.8 Å². The van der Waals surface area contributed by atoms with Crippen LogP contribution in [0.3, 0.4) is 0 Å². The molecule has 9 rings (SSSR count). The maximum atomic E-state index is 10.4. The first-order chi connectivity index (χ1) is 24.7. The number of hydrogen-bond donors (Lipinski definition) is 0. The fourth-order valence-corrected chi connectivity index (χ4v) is 7.43. The van der Waals surface area contributed by atoms with Crippen molar-refractivity contribution in [1.29, 1.82) is 10.5 Å². The van der Waals surface area contributed by atoms with E-state index in [1.807, 2.05) is 66.7 Å². The zero-order valence-electron chi connectivity index (χ0n) is 26.7. The Bertz CT molecular complexity index is 2970. The van der Waals surface area contributed by atoms with Crippen LogP contribution >= 0.6 is 0 Å². The number of aromatic nitrogens is 2. The second kappa shape index (κ2) is 11.4. The third-order valence-corrected chi connectivity index (χ3v) is 9.62. The minimum absolute atomic E-state index is 0.555. The average molecular weight is 636 g/mol. The van der Waals surface area contributed by atoms with Crippen LogP contribution in [-0.4, -0.2) is 9.13 Å². The number of nitrogens with zero attached hydrogens (tertiary/aromatic N) is 5. The summed E-state index contributed by atoms with van der Waals surface area (Å²) in [7, 11) is 0. The van der Waals surface area contributed by atoms with E-state index in [0.29, 0.717) is 16.8 Å². The summed E-state index contributed by atoms with van der Waals surface area (Å²) in [6, 6.07) is 55.6. The van der Waals surface area contributed by atoms with Gasteiger partial charge < -0.3 is 9.13 Å². The first-order valence-corrected chi connectivity index (χ1v) is 16.3. The maximum absolute atomic E-state index is 10.4. The van der Waals surface area contributed by atoms with Crippen molar-refractivity contribution in [3.05, 3.63) is 174 Å². The second-order valence-electron chi connectivity index (χ2n) is 12.3. The lowest BCUT2D eigenvalue weighted by Crippen LogP contribution is -2.00. The van der Waals surface area contributed by atoms with Crippen molar-refractivity contribution >= 4 is 49.3 Å². The highest BCUT2D eigenvalue weighted by molar-refractivity contribution is 6.11. The molecule has 0 N–H and O–H groups in total. The Morgan fingerprint density at radius 1 is 0.460 bits per heavy atom. The van der Waals surface area contributed by atoms with Gasteiger partial charge in [-0.3, -0.25) is 0 Å². The van der Waals surface area contributed by atoms with Gasteiger partial charge >= 0.3 is 0 Å². The largest absolute Gasteiger partial charge is 0.310 e. The zero-order chi connectivity index (χ0) is 33.8. The Balaban J connectivity index is 1.29. The van der Waals surface area contributed by atoms with Gasteiger partial charge in [-0.1, -0.05) is 97.1 Å². The Labute approximate surface area is 288 Å². The summed E-state index contributed by atoms with van der Waals surface area (Å²) in [5.74, 6) is 0. The molecular weight excluding hydrogens is 611 g/mol. The molecule has 0 fully saturated rings. The molecule has 0 aliphatic carbocycles. The van der Waals surface area contributed by atoms with Crippen molar-refractivity contribution in [1.82, 2.24) is 9.13 Å². The molecular formula is C45H25N5.